The molecular formula is C19H13N3O. The van der Waals surface area contributed by atoms with Crippen LogP contribution in [0.4, 0.5) is 0 Å². The molecule has 1 N–H and O–H groups in total. The molecular weight excluding hydrogens is 286 g/mol. The molecule has 110 valence electrons. The molecule has 23 heavy (non-hydrogen) atoms. The number of rotatable bonds is 2. The SMILES string of the molecule is O=c1[nH]c2nc(-c3ccccc3)ccc2cc1-c1ccccn1. The maximum atomic E-state index is 12.3. The van der Waals surface area contributed by atoms with Gasteiger partial charge in [0.2, 0.25) is 0 Å². The van der Waals surface area contributed by atoms with E-state index in [2.05, 4.69) is 15.0 Å². The van der Waals surface area contributed by atoms with Crippen LogP contribution in [0.25, 0.3) is 33.5 Å². The van der Waals surface area contributed by atoms with Crippen molar-refractivity contribution in [3.63, 3.8) is 0 Å². The van der Waals surface area contributed by atoms with Crippen molar-refractivity contribution in [1.29, 1.82) is 0 Å². The highest BCUT2D eigenvalue weighted by Crippen LogP contribution is 2.21. The van der Waals surface area contributed by atoms with Gasteiger partial charge in [-0.3, -0.25) is 9.78 Å². The second-order valence-corrected chi connectivity index (χ2v) is 5.23. The Hall–Kier alpha value is -3.27. The first kappa shape index (κ1) is 13.4. The monoisotopic (exact) mass is 299 g/mol. The van der Waals surface area contributed by atoms with Crippen molar-refractivity contribution in [2.75, 3.05) is 0 Å². The average molecular weight is 299 g/mol. The Morgan fingerprint density at radius 1 is 0.826 bits per heavy atom. The van der Waals surface area contributed by atoms with Crippen LogP contribution >= 0.6 is 0 Å². The summed E-state index contributed by atoms with van der Waals surface area (Å²) in [6, 6.07) is 21.2. The van der Waals surface area contributed by atoms with E-state index in [1.807, 2.05) is 66.7 Å². The van der Waals surface area contributed by atoms with Crippen LogP contribution in [0.3, 0.4) is 0 Å². The number of nitrogens with zero attached hydrogens (tertiary/aromatic N) is 2. The summed E-state index contributed by atoms with van der Waals surface area (Å²) >= 11 is 0. The number of aromatic amines is 1. The largest absolute Gasteiger partial charge is 0.306 e. The molecule has 4 aromatic rings. The van der Waals surface area contributed by atoms with E-state index in [4.69, 9.17) is 0 Å². The van der Waals surface area contributed by atoms with E-state index in [9.17, 15) is 4.79 Å². The molecule has 4 rings (SSSR count). The van der Waals surface area contributed by atoms with E-state index >= 15 is 0 Å². The van der Waals surface area contributed by atoms with Gasteiger partial charge in [-0.15, -0.1) is 0 Å². The first-order valence-corrected chi connectivity index (χ1v) is 7.32. The number of hydrogen-bond donors (Lipinski definition) is 1. The molecule has 3 aromatic heterocycles. The van der Waals surface area contributed by atoms with Crippen molar-refractivity contribution in [2.45, 2.75) is 0 Å². The highest BCUT2D eigenvalue weighted by molar-refractivity contribution is 5.82. The zero-order valence-electron chi connectivity index (χ0n) is 12.2. The smallest absolute Gasteiger partial charge is 0.259 e. The standard InChI is InChI=1S/C19H13N3O/c23-19-15(17-8-4-5-11-20-17)12-14-9-10-16(21-18(14)22-19)13-6-2-1-3-7-13/h1-12H,(H,21,22,23). The summed E-state index contributed by atoms with van der Waals surface area (Å²) in [4.78, 5) is 24.0. The Balaban J connectivity index is 1.88. The van der Waals surface area contributed by atoms with Gasteiger partial charge in [0.15, 0.2) is 0 Å². The molecule has 0 aliphatic rings. The molecule has 3 heterocycles. The fraction of sp³-hybridized carbons (Fsp3) is 0. The fourth-order valence-corrected chi connectivity index (χ4v) is 2.56. The second kappa shape index (κ2) is 5.50. The highest BCUT2D eigenvalue weighted by atomic mass is 16.1. The first-order valence-electron chi connectivity index (χ1n) is 7.32. The minimum absolute atomic E-state index is 0.186. The summed E-state index contributed by atoms with van der Waals surface area (Å²) < 4.78 is 0. The third-order valence-corrected chi connectivity index (χ3v) is 3.71. The minimum atomic E-state index is -0.186. The predicted molar refractivity (Wildman–Crippen MR) is 91.0 cm³/mol. The Labute approximate surface area is 132 Å². The molecule has 1 aromatic carbocycles. The molecule has 0 saturated carbocycles. The van der Waals surface area contributed by atoms with Crippen molar-refractivity contribution in [2.24, 2.45) is 0 Å². The van der Waals surface area contributed by atoms with Crippen molar-refractivity contribution in [3.8, 4) is 22.5 Å². The average Bonchev–Trinajstić information content (AvgIpc) is 2.62. The number of benzene rings is 1. The molecule has 0 aliphatic carbocycles. The van der Waals surface area contributed by atoms with Crippen LogP contribution in [0.1, 0.15) is 0 Å². The molecule has 4 nitrogen and oxygen atoms in total. The molecule has 0 atom stereocenters. The van der Waals surface area contributed by atoms with Crippen LogP contribution in [0.2, 0.25) is 0 Å². The molecule has 4 heteroatoms. The van der Waals surface area contributed by atoms with E-state index in [-0.39, 0.29) is 5.56 Å². The van der Waals surface area contributed by atoms with Gasteiger partial charge in [0.1, 0.15) is 5.65 Å². The Kier molecular flexibility index (Phi) is 3.20. The Morgan fingerprint density at radius 2 is 1.65 bits per heavy atom. The van der Waals surface area contributed by atoms with E-state index in [1.165, 1.54) is 0 Å². The topological polar surface area (TPSA) is 58.6 Å². The summed E-state index contributed by atoms with van der Waals surface area (Å²) in [6.07, 6.45) is 1.68. The molecule has 0 amide bonds. The number of H-pyrrole nitrogens is 1. The predicted octanol–water partition coefficient (Wildman–Crippen LogP) is 3.65. The number of hydrogen-bond acceptors (Lipinski definition) is 3. The number of pyridine rings is 3. The summed E-state index contributed by atoms with van der Waals surface area (Å²) in [6.45, 7) is 0. The van der Waals surface area contributed by atoms with Crippen LogP contribution in [0, 0.1) is 0 Å². The van der Waals surface area contributed by atoms with Crippen molar-refractivity contribution < 1.29 is 0 Å². The van der Waals surface area contributed by atoms with Gasteiger partial charge in [-0.1, -0.05) is 36.4 Å². The Morgan fingerprint density at radius 3 is 2.43 bits per heavy atom. The summed E-state index contributed by atoms with van der Waals surface area (Å²) in [5.41, 5.74) is 3.45. The van der Waals surface area contributed by atoms with E-state index in [0.717, 1.165) is 16.6 Å². The van der Waals surface area contributed by atoms with Gasteiger partial charge >= 0.3 is 0 Å². The third-order valence-electron chi connectivity index (χ3n) is 3.71. The molecule has 0 radical (unpaired) electrons. The minimum Gasteiger partial charge on any atom is -0.306 e. The lowest BCUT2D eigenvalue weighted by molar-refractivity contribution is 1.22. The molecule has 0 saturated heterocycles. The van der Waals surface area contributed by atoms with E-state index < -0.39 is 0 Å². The van der Waals surface area contributed by atoms with Gasteiger partial charge < -0.3 is 4.98 Å². The molecule has 0 aliphatic heterocycles. The molecule has 0 unspecified atom stereocenters. The van der Waals surface area contributed by atoms with Gasteiger partial charge in [-0.2, -0.15) is 0 Å². The normalized spacial score (nSPS) is 10.8. The zero-order valence-corrected chi connectivity index (χ0v) is 12.2. The van der Waals surface area contributed by atoms with Gasteiger partial charge in [0.05, 0.1) is 17.0 Å². The lowest BCUT2D eigenvalue weighted by Gasteiger charge is -2.05. The van der Waals surface area contributed by atoms with E-state index in [1.54, 1.807) is 6.20 Å². The van der Waals surface area contributed by atoms with Crippen LogP contribution in [0.5, 0.6) is 0 Å². The van der Waals surface area contributed by atoms with Gasteiger partial charge in [0, 0.05) is 17.1 Å². The van der Waals surface area contributed by atoms with Crippen molar-refractivity contribution >= 4 is 11.0 Å². The van der Waals surface area contributed by atoms with Crippen LogP contribution in [-0.4, -0.2) is 15.0 Å². The maximum Gasteiger partial charge on any atom is 0.259 e. The lowest BCUT2D eigenvalue weighted by atomic mass is 10.1. The molecule has 0 fully saturated rings. The fourth-order valence-electron chi connectivity index (χ4n) is 2.56. The second-order valence-electron chi connectivity index (χ2n) is 5.23. The third kappa shape index (κ3) is 2.51. The van der Waals surface area contributed by atoms with Gasteiger partial charge in [0.25, 0.3) is 5.56 Å². The van der Waals surface area contributed by atoms with Crippen LogP contribution < -0.4 is 5.56 Å². The van der Waals surface area contributed by atoms with Crippen LogP contribution in [0.15, 0.2) is 77.7 Å². The van der Waals surface area contributed by atoms with Gasteiger partial charge in [-0.05, 0) is 30.3 Å². The summed E-state index contributed by atoms with van der Waals surface area (Å²) in [5, 5.41) is 0.880. The molecule has 0 bridgehead atoms. The maximum absolute atomic E-state index is 12.3. The number of aromatic nitrogens is 3. The van der Waals surface area contributed by atoms with Crippen LogP contribution in [-0.2, 0) is 0 Å². The van der Waals surface area contributed by atoms with E-state index in [0.29, 0.717) is 16.9 Å². The highest BCUT2D eigenvalue weighted by Gasteiger charge is 2.08. The quantitative estimate of drug-likeness (QED) is 0.614. The van der Waals surface area contributed by atoms with Gasteiger partial charge in [-0.25, -0.2) is 4.98 Å². The number of fused-ring (bicyclic) bond motifs is 1. The Bertz CT molecular complexity index is 1020. The summed E-state index contributed by atoms with van der Waals surface area (Å²) in [5.74, 6) is 0. The molecule has 0 spiro atoms. The lowest BCUT2D eigenvalue weighted by Crippen LogP contribution is -2.10. The first-order chi connectivity index (χ1) is 11.3. The summed E-state index contributed by atoms with van der Waals surface area (Å²) in [7, 11) is 0. The van der Waals surface area contributed by atoms with Crippen molar-refractivity contribution in [3.05, 3.63) is 83.3 Å². The number of nitrogens with one attached hydrogen (secondary N) is 1. The van der Waals surface area contributed by atoms with Crippen molar-refractivity contribution in [1.82, 2.24) is 15.0 Å². The zero-order chi connectivity index (χ0) is 15.6.